The minimum absolute atomic E-state index is 0.237. The molecule has 0 aliphatic rings. The Labute approximate surface area is 132 Å². The van der Waals surface area contributed by atoms with E-state index in [1.165, 1.54) is 0 Å². The minimum atomic E-state index is -1.12. The molecule has 1 aromatic carbocycles. The fraction of sp³-hybridized carbons (Fsp3) is 0.588. The summed E-state index contributed by atoms with van der Waals surface area (Å²) in [5, 5.41) is 24.8. The van der Waals surface area contributed by atoms with Gasteiger partial charge in [-0.2, -0.15) is 0 Å². The van der Waals surface area contributed by atoms with E-state index in [9.17, 15) is 9.90 Å². The van der Waals surface area contributed by atoms with Crippen molar-refractivity contribution in [2.75, 3.05) is 13.1 Å². The van der Waals surface area contributed by atoms with Gasteiger partial charge in [-0.05, 0) is 30.4 Å². The van der Waals surface area contributed by atoms with E-state index in [0.717, 1.165) is 18.5 Å². The highest BCUT2D eigenvalue weighted by molar-refractivity contribution is 5.65. The molecule has 0 fully saturated rings. The maximum Gasteiger partial charge on any atom is 0.404 e. The van der Waals surface area contributed by atoms with Crippen molar-refractivity contribution in [1.29, 1.82) is 0 Å². The van der Waals surface area contributed by atoms with Crippen molar-refractivity contribution in [2.24, 2.45) is 5.41 Å². The second-order valence-corrected chi connectivity index (χ2v) is 6.83. The largest absolute Gasteiger partial charge is 0.465 e. The summed E-state index contributed by atoms with van der Waals surface area (Å²) < 4.78 is 0. The van der Waals surface area contributed by atoms with Crippen molar-refractivity contribution in [3.8, 4) is 0 Å². The Morgan fingerprint density at radius 1 is 1.23 bits per heavy atom. The van der Waals surface area contributed by atoms with Crippen LogP contribution in [0.3, 0.4) is 0 Å². The van der Waals surface area contributed by atoms with Crippen molar-refractivity contribution in [1.82, 2.24) is 10.6 Å². The molecular formula is C17H28N2O3. The first-order valence-electron chi connectivity index (χ1n) is 7.70. The smallest absolute Gasteiger partial charge is 0.404 e. The number of rotatable bonds is 8. The van der Waals surface area contributed by atoms with Crippen molar-refractivity contribution >= 4 is 6.09 Å². The van der Waals surface area contributed by atoms with Crippen LogP contribution in [0, 0.1) is 5.41 Å². The number of hydrogen-bond acceptors (Lipinski definition) is 3. The Morgan fingerprint density at radius 2 is 1.86 bits per heavy atom. The van der Waals surface area contributed by atoms with Crippen LogP contribution in [0.1, 0.15) is 32.8 Å². The third kappa shape index (κ3) is 8.00. The first-order chi connectivity index (χ1) is 10.3. The van der Waals surface area contributed by atoms with Gasteiger partial charge in [-0.1, -0.05) is 51.1 Å². The summed E-state index contributed by atoms with van der Waals surface area (Å²) >= 11 is 0. The van der Waals surface area contributed by atoms with Gasteiger partial charge in [-0.15, -0.1) is 0 Å². The van der Waals surface area contributed by atoms with Crippen molar-refractivity contribution in [2.45, 2.75) is 45.8 Å². The molecule has 0 bridgehead atoms. The molecule has 1 aromatic rings. The third-order valence-corrected chi connectivity index (χ3v) is 3.48. The summed E-state index contributed by atoms with van der Waals surface area (Å²) in [4.78, 5) is 10.9. The Kier molecular flexibility index (Phi) is 7.35. The van der Waals surface area contributed by atoms with Gasteiger partial charge in [0.1, 0.15) is 0 Å². The normalized spacial score (nSPS) is 14.4. The third-order valence-electron chi connectivity index (χ3n) is 3.48. The number of benzene rings is 1. The molecule has 0 spiro atoms. The number of amides is 1. The minimum Gasteiger partial charge on any atom is -0.465 e. The summed E-state index contributed by atoms with van der Waals surface area (Å²) in [7, 11) is 0. The molecule has 2 atom stereocenters. The van der Waals surface area contributed by atoms with E-state index in [0.29, 0.717) is 13.0 Å². The van der Waals surface area contributed by atoms with Crippen LogP contribution >= 0.6 is 0 Å². The fourth-order valence-electron chi connectivity index (χ4n) is 2.17. The average molecular weight is 308 g/mol. The van der Waals surface area contributed by atoms with Gasteiger partial charge in [0, 0.05) is 6.54 Å². The van der Waals surface area contributed by atoms with E-state index in [1.54, 1.807) is 0 Å². The molecule has 1 rings (SSSR count). The van der Waals surface area contributed by atoms with Gasteiger partial charge in [0.15, 0.2) is 0 Å². The lowest BCUT2D eigenvalue weighted by molar-refractivity contribution is 0.117. The van der Waals surface area contributed by atoms with Gasteiger partial charge in [0.25, 0.3) is 0 Å². The molecule has 124 valence electrons. The maximum absolute atomic E-state index is 10.9. The van der Waals surface area contributed by atoms with Gasteiger partial charge in [0.05, 0.1) is 12.1 Å². The lowest BCUT2D eigenvalue weighted by atomic mass is 9.92. The summed E-state index contributed by atoms with van der Waals surface area (Å²) in [6, 6.07) is 9.05. The maximum atomic E-state index is 10.9. The van der Waals surface area contributed by atoms with Gasteiger partial charge in [-0.25, -0.2) is 4.79 Å². The summed E-state index contributed by atoms with van der Waals surface area (Å²) in [5.74, 6) is 0. The molecule has 4 N–H and O–H groups in total. The van der Waals surface area contributed by atoms with Crippen molar-refractivity contribution < 1.29 is 15.0 Å². The zero-order chi connectivity index (χ0) is 16.6. The van der Waals surface area contributed by atoms with Crippen LogP contribution in [0.5, 0.6) is 0 Å². The zero-order valence-electron chi connectivity index (χ0n) is 13.7. The number of hydrogen-bond donors (Lipinski definition) is 4. The number of aliphatic hydroxyl groups excluding tert-OH is 1. The molecule has 0 saturated carbocycles. The van der Waals surface area contributed by atoms with Gasteiger partial charge < -0.3 is 20.8 Å². The molecule has 0 saturated heterocycles. The van der Waals surface area contributed by atoms with Crippen LogP contribution in [0.25, 0.3) is 0 Å². The van der Waals surface area contributed by atoms with Gasteiger partial charge in [0.2, 0.25) is 0 Å². The lowest BCUT2D eigenvalue weighted by Gasteiger charge is -2.24. The molecule has 5 nitrogen and oxygen atoms in total. The van der Waals surface area contributed by atoms with Crippen LogP contribution in [0.4, 0.5) is 4.79 Å². The summed E-state index contributed by atoms with van der Waals surface area (Å²) in [5.41, 5.74) is 1.23. The Balaban J connectivity index is 2.50. The van der Waals surface area contributed by atoms with Crippen LogP contribution < -0.4 is 10.6 Å². The molecule has 5 heteroatoms. The van der Waals surface area contributed by atoms with E-state index in [4.69, 9.17) is 5.11 Å². The second-order valence-electron chi connectivity index (χ2n) is 6.83. The Bertz CT molecular complexity index is 443. The van der Waals surface area contributed by atoms with E-state index >= 15 is 0 Å². The molecule has 1 amide bonds. The van der Waals surface area contributed by atoms with Crippen LogP contribution in [-0.2, 0) is 6.42 Å². The van der Waals surface area contributed by atoms with E-state index in [1.807, 2.05) is 30.3 Å². The molecule has 0 aromatic heterocycles. The van der Waals surface area contributed by atoms with E-state index < -0.39 is 18.2 Å². The SMILES string of the molecule is CC(C)(C)CCNC[C@@H](O)[C@H](Cc1ccccc1)NC(=O)O. The highest BCUT2D eigenvalue weighted by Gasteiger charge is 2.21. The topological polar surface area (TPSA) is 81.6 Å². The summed E-state index contributed by atoms with van der Waals surface area (Å²) in [6.07, 6.45) is -0.420. The standard InChI is InChI=1S/C17H28N2O3/c1-17(2,3)9-10-18-12-15(20)14(19-16(21)22)11-13-7-5-4-6-8-13/h4-8,14-15,18-20H,9-12H2,1-3H3,(H,21,22)/t14-,15+/m0/s1. The van der Waals surface area contributed by atoms with Gasteiger partial charge in [-0.3, -0.25) is 0 Å². The average Bonchev–Trinajstić information content (AvgIpc) is 2.42. The quantitative estimate of drug-likeness (QED) is 0.555. The predicted octanol–water partition coefficient (Wildman–Crippen LogP) is 2.25. The predicted molar refractivity (Wildman–Crippen MR) is 88.0 cm³/mol. The molecule has 22 heavy (non-hydrogen) atoms. The molecule has 0 unspecified atom stereocenters. The highest BCUT2D eigenvalue weighted by Crippen LogP contribution is 2.16. The highest BCUT2D eigenvalue weighted by atomic mass is 16.4. The molecule has 0 aliphatic heterocycles. The monoisotopic (exact) mass is 308 g/mol. The van der Waals surface area contributed by atoms with Crippen LogP contribution in [-0.4, -0.2) is 41.5 Å². The van der Waals surface area contributed by atoms with Crippen LogP contribution in [0.2, 0.25) is 0 Å². The van der Waals surface area contributed by atoms with Gasteiger partial charge >= 0.3 is 6.09 Å². The number of carbonyl (C=O) groups is 1. The van der Waals surface area contributed by atoms with Crippen LogP contribution in [0.15, 0.2) is 30.3 Å². The number of nitrogens with one attached hydrogen (secondary N) is 2. The van der Waals surface area contributed by atoms with E-state index in [2.05, 4.69) is 31.4 Å². The summed E-state index contributed by atoms with van der Waals surface area (Å²) in [6.45, 7) is 7.65. The lowest BCUT2D eigenvalue weighted by Crippen LogP contribution is -2.48. The Morgan fingerprint density at radius 3 is 2.41 bits per heavy atom. The fourth-order valence-corrected chi connectivity index (χ4v) is 2.17. The number of aliphatic hydroxyl groups is 1. The molecule has 0 heterocycles. The molecule has 0 radical (unpaired) electrons. The van der Waals surface area contributed by atoms with Crippen molar-refractivity contribution in [3.05, 3.63) is 35.9 Å². The number of carboxylic acid groups (broad SMARTS) is 1. The first kappa shape index (κ1) is 18.5. The Hall–Kier alpha value is -1.59. The first-order valence-corrected chi connectivity index (χ1v) is 7.70. The second kappa shape index (κ2) is 8.76. The molecular weight excluding hydrogens is 280 g/mol. The van der Waals surface area contributed by atoms with E-state index in [-0.39, 0.29) is 5.41 Å². The zero-order valence-corrected chi connectivity index (χ0v) is 13.7. The molecule has 0 aliphatic carbocycles. The van der Waals surface area contributed by atoms with Crippen molar-refractivity contribution in [3.63, 3.8) is 0 Å².